The monoisotopic (exact) mass is 349 g/mol. The van der Waals surface area contributed by atoms with Crippen molar-refractivity contribution in [3.63, 3.8) is 0 Å². The molecule has 88 valence electrons. The Morgan fingerprint density at radius 3 is 2.62 bits per heavy atom. The number of aliphatic hydroxyl groups excluding tert-OH is 1. The topological polar surface area (TPSA) is 40.5 Å². The Balaban J connectivity index is 2.96. The molecule has 0 aliphatic rings. The van der Waals surface area contributed by atoms with Crippen LogP contribution in [0.25, 0.3) is 0 Å². The number of hydrogen-bond donors (Lipinski definition) is 1. The second-order valence-corrected chi connectivity index (χ2v) is 5.34. The molecule has 16 heavy (non-hydrogen) atoms. The van der Waals surface area contributed by atoms with E-state index in [0.29, 0.717) is 5.56 Å². The quantitative estimate of drug-likeness (QED) is 0.910. The molecule has 1 rings (SSSR count). The summed E-state index contributed by atoms with van der Waals surface area (Å²) in [5, 5.41) is 9.00. The average molecular weight is 351 g/mol. The summed E-state index contributed by atoms with van der Waals surface area (Å²) in [6, 6.07) is 5.19. The van der Waals surface area contributed by atoms with Crippen molar-refractivity contribution in [2.24, 2.45) is 0 Å². The van der Waals surface area contributed by atoms with Crippen LogP contribution < -0.4 is 0 Å². The number of hydrogen-bond acceptors (Lipinski definition) is 2. The SMILES string of the molecule is CC(CO)N(C)C(=O)c1ccc(Br)cc1Br. The highest BCUT2D eigenvalue weighted by molar-refractivity contribution is 9.11. The van der Waals surface area contributed by atoms with Gasteiger partial charge in [-0.15, -0.1) is 0 Å². The van der Waals surface area contributed by atoms with Crippen molar-refractivity contribution in [3.8, 4) is 0 Å². The fourth-order valence-corrected chi connectivity index (χ4v) is 2.39. The fourth-order valence-electron chi connectivity index (χ4n) is 1.18. The fraction of sp³-hybridized carbons (Fsp3) is 0.364. The van der Waals surface area contributed by atoms with Crippen LogP contribution in [0.4, 0.5) is 0 Å². The molecule has 1 aromatic carbocycles. The van der Waals surface area contributed by atoms with E-state index in [1.165, 1.54) is 4.90 Å². The zero-order valence-electron chi connectivity index (χ0n) is 9.08. The third kappa shape index (κ3) is 3.06. The molecule has 1 aromatic rings. The molecule has 1 atom stereocenters. The first-order valence-corrected chi connectivity index (χ1v) is 6.39. The van der Waals surface area contributed by atoms with E-state index >= 15 is 0 Å². The van der Waals surface area contributed by atoms with Crippen molar-refractivity contribution in [1.82, 2.24) is 4.90 Å². The van der Waals surface area contributed by atoms with Gasteiger partial charge in [-0.2, -0.15) is 0 Å². The van der Waals surface area contributed by atoms with Gasteiger partial charge in [0.15, 0.2) is 0 Å². The summed E-state index contributed by atoms with van der Waals surface area (Å²) >= 11 is 6.68. The van der Waals surface area contributed by atoms with Crippen LogP contribution in [0.2, 0.25) is 0 Å². The van der Waals surface area contributed by atoms with E-state index < -0.39 is 0 Å². The molecule has 5 heteroatoms. The van der Waals surface area contributed by atoms with Gasteiger partial charge in [-0.05, 0) is 41.1 Å². The second kappa shape index (κ2) is 5.80. The standard InChI is InChI=1S/C11H13Br2NO2/c1-7(6-15)14(2)11(16)9-4-3-8(12)5-10(9)13/h3-5,7,15H,6H2,1-2H3. The molecular formula is C11H13Br2NO2. The zero-order valence-corrected chi connectivity index (χ0v) is 12.2. The molecule has 0 heterocycles. The minimum Gasteiger partial charge on any atom is -0.394 e. The number of benzene rings is 1. The van der Waals surface area contributed by atoms with Crippen LogP contribution in [0.5, 0.6) is 0 Å². The van der Waals surface area contributed by atoms with Gasteiger partial charge in [0.1, 0.15) is 0 Å². The molecule has 0 fully saturated rings. The van der Waals surface area contributed by atoms with Gasteiger partial charge in [0.2, 0.25) is 0 Å². The minimum absolute atomic E-state index is 0.0453. The van der Waals surface area contributed by atoms with Crippen molar-refractivity contribution in [2.75, 3.05) is 13.7 Å². The summed E-state index contributed by atoms with van der Waals surface area (Å²) in [6.45, 7) is 1.75. The van der Waals surface area contributed by atoms with Gasteiger partial charge in [0.25, 0.3) is 5.91 Å². The first kappa shape index (κ1) is 13.7. The maximum Gasteiger partial charge on any atom is 0.255 e. The smallest absolute Gasteiger partial charge is 0.255 e. The molecule has 0 aromatic heterocycles. The Hall–Kier alpha value is -0.390. The van der Waals surface area contributed by atoms with Gasteiger partial charge in [-0.1, -0.05) is 15.9 Å². The third-order valence-electron chi connectivity index (χ3n) is 2.41. The maximum atomic E-state index is 12.0. The lowest BCUT2D eigenvalue weighted by molar-refractivity contribution is 0.0681. The Morgan fingerprint density at radius 2 is 2.12 bits per heavy atom. The summed E-state index contributed by atoms with van der Waals surface area (Å²) in [4.78, 5) is 13.6. The Morgan fingerprint density at radius 1 is 1.50 bits per heavy atom. The van der Waals surface area contributed by atoms with Gasteiger partial charge in [-0.3, -0.25) is 4.79 Å². The zero-order chi connectivity index (χ0) is 12.3. The number of rotatable bonds is 3. The normalized spacial score (nSPS) is 12.3. The van der Waals surface area contributed by atoms with Crippen LogP contribution in [0.15, 0.2) is 27.1 Å². The summed E-state index contributed by atoms with van der Waals surface area (Å²) in [6.07, 6.45) is 0. The minimum atomic E-state index is -0.192. The number of nitrogens with zero attached hydrogens (tertiary/aromatic N) is 1. The number of halogens is 2. The van der Waals surface area contributed by atoms with E-state index in [0.717, 1.165) is 8.95 Å². The predicted octanol–water partition coefficient (Wildman–Crippen LogP) is 2.66. The van der Waals surface area contributed by atoms with E-state index in [-0.39, 0.29) is 18.6 Å². The molecule has 0 spiro atoms. The van der Waals surface area contributed by atoms with Crippen LogP contribution in [-0.2, 0) is 0 Å². The molecule has 0 saturated carbocycles. The van der Waals surface area contributed by atoms with Crippen molar-refractivity contribution in [3.05, 3.63) is 32.7 Å². The van der Waals surface area contributed by atoms with Gasteiger partial charge < -0.3 is 10.0 Å². The summed E-state index contributed by atoms with van der Waals surface area (Å²) in [7, 11) is 1.68. The molecular weight excluding hydrogens is 338 g/mol. The third-order valence-corrected chi connectivity index (χ3v) is 3.56. The van der Waals surface area contributed by atoms with E-state index in [1.807, 2.05) is 12.1 Å². The van der Waals surface area contributed by atoms with Crippen LogP contribution in [0.1, 0.15) is 17.3 Å². The molecule has 3 nitrogen and oxygen atoms in total. The van der Waals surface area contributed by atoms with Gasteiger partial charge in [0, 0.05) is 16.0 Å². The van der Waals surface area contributed by atoms with Crippen molar-refractivity contribution in [1.29, 1.82) is 0 Å². The summed E-state index contributed by atoms with van der Waals surface area (Å²) in [5.74, 6) is -0.110. The van der Waals surface area contributed by atoms with Gasteiger partial charge in [0.05, 0.1) is 18.2 Å². The van der Waals surface area contributed by atoms with Crippen molar-refractivity contribution < 1.29 is 9.90 Å². The molecule has 0 aliphatic heterocycles. The van der Waals surface area contributed by atoms with E-state index in [9.17, 15) is 4.79 Å². The Labute approximate surface area is 112 Å². The van der Waals surface area contributed by atoms with Crippen molar-refractivity contribution >= 4 is 37.8 Å². The summed E-state index contributed by atoms with van der Waals surface area (Å²) < 4.78 is 1.65. The Kier molecular flexibility index (Phi) is 4.95. The molecule has 1 unspecified atom stereocenters. The summed E-state index contributed by atoms with van der Waals surface area (Å²) in [5.41, 5.74) is 0.589. The van der Waals surface area contributed by atoms with Gasteiger partial charge in [-0.25, -0.2) is 0 Å². The number of likely N-dealkylation sites (N-methyl/N-ethyl adjacent to an activating group) is 1. The van der Waals surface area contributed by atoms with E-state index in [2.05, 4.69) is 31.9 Å². The van der Waals surface area contributed by atoms with E-state index in [1.54, 1.807) is 20.0 Å². The number of carbonyl (C=O) groups is 1. The lowest BCUT2D eigenvalue weighted by atomic mass is 10.2. The lowest BCUT2D eigenvalue weighted by Gasteiger charge is -2.23. The van der Waals surface area contributed by atoms with Gasteiger partial charge >= 0.3 is 0 Å². The number of aliphatic hydroxyl groups is 1. The first-order chi connectivity index (χ1) is 7.47. The molecule has 1 N–H and O–H groups in total. The second-order valence-electron chi connectivity index (χ2n) is 3.57. The molecule has 0 saturated heterocycles. The highest BCUT2D eigenvalue weighted by Gasteiger charge is 2.18. The molecule has 0 bridgehead atoms. The van der Waals surface area contributed by atoms with E-state index in [4.69, 9.17) is 5.11 Å². The number of amides is 1. The molecule has 1 amide bonds. The Bertz CT molecular complexity index is 396. The first-order valence-electron chi connectivity index (χ1n) is 4.80. The maximum absolute atomic E-state index is 12.0. The highest BCUT2D eigenvalue weighted by Crippen LogP contribution is 2.23. The highest BCUT2D eigenvalue weighted by atomic mass is 79.9. The van der Waals surface area contributed by atoms with Crippen LogP contribution >= 0.6 is 31.9 Å². The van der Waals surface area contributed by atoms with Crippen LogP contribution in [-0.4, -0.2) is 35.6 Å². The largest absolute Gasteiger partial charge is 0.394 e. The number of carbonyl (C=O) groups excluding carboxylic acids is 1. The molecule has 0 radical (unpaired) electrons. The average Bonchev–Trinajstić information content (AvgIpc) is 2.26. The lowest BCUT2D eigenvalue weighted by Crippen LogP contribution is -2.37. The van der Waals surface area contributed by atoms with Crippen LogP contribution in [0.3, 0.4) is 0 Å². The predicted molar refractivity (Wildman–Crippen MR) is 70.5 cm³/mol. The van der Waals surface area contributed by atoms with Crippen molar-refractivity contribution in [2.45, 2.75) is 13.0 Å². The molecule has 0 aliphatic carbocycles. The van der Waals surface area contributed by atoms with Crippen LogP contribution in [0, 0.1) is 0 Å².